The van der Waals surface area contributed by atoms with E-state index in [2.05, 4.69) is 43.4 Å². The molecule has 0 radical (unpaired) electrons. The van der Waals surface area contributed by atoms with Crippen LogP contribution < -0.4 is 10.6 Å². The monoisotopic (exact) mass is 489 g/mol. The molecule has 182 valence electrons. The molecule has 2 aliphatic heterocycles. The zero-order valence-corrected chi connectivity index (χ0v) is 20.7. The Kier molecular flexibility index (Phi) is 7.11. The number of para-hydroxylation sites is 1. The summed E-state index contributed by atoms with van der Waals surface area (Å²) in [4.78, 5) is 19.6. The van der Waals surface area contributed by atoms with Gasteiger partial charge in [0, 0.05) is 49.9 Å². The van der Waals surface area contributed by atoms with Crippen LogP contribution in [-0.4, -0.2) is 44.7 Å². The van der Waals surface area contributed by atoms with Gasteiger partial charge in [-0.25, -0.2) is 0 Å². The van der Waals surface area contributed by atoms with E-state index in [1.165, 1.54) is 0 Å². The largest absolute Gasteiger partial charge is 0.376 e. The number of carbonyl (C=O) groups excluding carboxylic acids is 1. The van der Waals surface area contributed by atoms with Crippen LogP contribution in [0.2, 0.25) is 0 Å². The van der Waals surface area contributed by atoms with Crippen LogP contribution in [0.15, 0.2) is 67.0 Å². The van der Waals surface area contributed by atoms with E-state index in [-0.39, 0.29) is 24.1 Å². The van der Waals surface area contributed by atoms with Crippen molar-refractivity contribution in [3.63, 3.8) is 0 Å². The lowest BCUT2D eigenvalue weighted by Gasteiger charge is -2.29. The molecular formula is C27H31N5O2S. The molecule has 8 heteroatoms. The Morgan fingerprint density at radius 1 is 1.20 bits per heavy atom. The third-order valence-corrected chi connectivity index (χ3v) is 7.14. The molecule has 0 aliphatic carbocycles. The van der Waals surface area contributed by atoms with Crippen molar-refractivity contribution in [2.45, 2.75) is 50.9 Å². The summed E-state index contributed by atoms with van der Waals surface area (Å²) in [5.74, 6) is -0.0307. The molecule has 1 aromatic carbocycles. The number of rotatable bonds is 8. The van der Waals surface area contributed by atoms with Crippen LogP contribution in [-0.2, 0) is 16.1 Å². The third kappa shape index (κ3) is 5.23. The number of thiocarbonyl (C=S) groups is 1. The number of hydrogen-bond donors (Lipinski definition) is 2. The van der Waals surface area contributed by atoms with Crippen molar-refractivity contribution in [3.8, 4) is 0 Å². The van der Waals surface area contributed by atoms with Crippen LogP contribution in [0.5, 0.6) is 0 Å². The summed E-state index contributed by atoms with van der Waals surface area (Å²) < 4.78 is 8.18. The van der Waals surface area contributed by atoms with Gasteiger partial charge in [0.2, 0.25) is 5.91 Å². The highest BCUT2D eigenvalue weighted by atomic mass is 32.1. The standard InChI is InChI=1S/C27H31N5O2S/c1-19-8-2-3-10-21(19)29-24(33)13-16-32-26(25(30-27(32)35)22-11-4-5-14-28-22)23-12-6-15-31(23)18-20-9-7-17-34-20/h2-6,8,10-12,14-15,20,25-26H,7,9,13,16-18H2,1H3,(H,29,33)(H,30,35)/t20-,25-,26-/m1/s1. The maximum Gasteiger partial charge on any atom is 0.226 e. The number of carbonyl (C=O) groups is 1. The number of ether oxygens (including phenoxy) is 1. The number of pyridine rings is 1. The zero-order chi connectivity index (χ0) is 24.2. The van der Waals surface area contributed by atoms with E-state index in [1.54, 1.807) is 6.20 Å². The van der Waals surface area contributed by atoms with Gasteiger partial charge in [0.05, 0.1) is 23.9 Å². The molecule has 2 aliphatic rings. The average molecular weight is 490 g/mol. The Morgan fingerprint density at radius 3 is 2.83 bits per heavy atom. The van der Waals surface area contributed by atoms with Gasteiger partial charge < -0.3 is 24.8 Å². The number of nitrogens with zero attached hydrogens (tertiary/aromatic N) is 3. The first-order valence-corrected chi connectivity index (χ1v) is 12.6. The van der Waals surface area contributed by atoms with Gasteiger partial charge in [-0.05, 0) is 67.9 Å². The maximum absolute atomic E-state index is 12.8. The van der Waals surface area contributed by atoms with Gasteiger partial charge in [-0.15, -0.1) is 0 Å². The second kappa shape index (κ2) is 10.6. The van der Waals surface area contributed by atoms with Crippen LogP contribution >= 0.6 is 12.2 Å². The second-order valence-corrected chi connectivity index (χ2v) is 9.54. The van der Waals surface area contributed by atoms with Crippen LogP contribution in [0.1, 0.15) is 48.3 Å². The van der Waals surface area contributed by atoms with Crippen LogP contribution in [0.25, 0.3) is 0 Å². The number of anilines is 1. The number of nitrogens with one attached hydrogen (secondary N) is 2. The summed E-state index contributed by atoms with van der Waals surface area (Å²) in [6.07, 6.45) is 6.65. The lowest BCUT2D eigenvalue weighted by molar-refractivity contribution is -0.116. The van der Waals surface area contributed by atoms with Crippen molar-refractivity contribution in [1.82, 2.24) is 19.8 Å². The first-order valence-electron chi connectivity index (χ1n) is 12.2. The molecule has 3 atom stereocenters. The highest BCUT2D eigenvalue weighted by Gasteiger charge is 2.41. The molecule has 2 aromatic heterocycles. The molecule has 1 amide bonds. The SMILES string of the molecule is Cc1ccccc1NC(=O)CCN1C(=S)N[C@H](c2ccccn2)[C@H]1c1cccn1C[C@H]1CCCO1. The molecule has 35 heavy (non-hydrogen) atoms. The summed E-state index contributed by atoms with van der Waals surface area (Å²) in [6, 6.07) is 17.8. The Bertz CT molecular complexity index is 1180. The quantitative estimate of drug-likeness (QED) is 0.458. The molecule has 0 bridgehead atoms. The molecule has 0 saturated carbocycles. The van der Waals surface area contributed by atoms with Crippen LogP contribution in [0.4, 0.5) is 5.69 Å². The molecule has 5 rings (SSSR count). The third-order valence-electron chi connectivity index (χ3n) is 6.79. The Labute approximate surface area is 211 Å². The Hall–Kier alpha value is -3.23. The molecule has 0 spiro atoms. The van der Waals surface area contributed by atoms with E-state index in [1.807, 2.05) is 49.4 Å². The number of aromatic nitrogens is 2. The van der Waals surface area contributed by atoms with E-state index in [0.717, 1.165) is 48.6 Å². The van der Waals surface area contributed by atoms with Crippen molar-refractivity contribution in [1.29, 1.82) is 0 Å². The van der Waals surface area contributed by atoms with Gasteiger partial charge in [0.1, 0.15) is 0 Å². The van der Waals surface area contributed by atoms with Crippen LogP contribution in [0, 0.1) is 6.92 Å². The minimum absolute atomic E-state index is 0.0307. The first kappa shape index (κ1) is 23.5. The molecule has 2 N–H and O–H groups in total. The lowest BCUT2D eigenvalue weighted by Crippen LogP contribution is -2.33. The highest BCUT2D eigenvalue weighted by Crippen LogP contribution is 2.39. The van der Waals surface area contributed by atoms with Gasteiger partial charge in [-0.1, -0.05) is 24.3 Å². The Morgan fingerprint density at radius 2 is 2.06 bits per heavy atom. The van der Waals surface area contributed by atoms with E-state index in [4.69, 9.17) is 17.0 Å². The van der Waals surface area contributed by atoms with Crippen molar-refractivity contribution < 1.29 is 9.53 Å². The second-order valence-electron chi connectivity index (χ2n) is 9.15. The normalized spacial score (nSPS) is 21.8. The van der Waals surface area contributed by atoms with E-state index in [9.17, 15) is 4.79 Å². The maximum atomic E-state index is 12.8. The lowest BCUT2D eigenvalue weighted by atomic mass is 10.0. The average Bonchev–Trinajstić information content (AvgIpc) is 3.61. The number of aryl methyl sites for hydroxylation is 1. The summed E-state index contributed by atoms with van der Waals surface area (Å²) in [5, 5.41) is 7.16. The molecule has 4 heterocycles. The molecule has 2 saturated heterocycles. The summed E-state index contributed by atoms with van der Waals surface area (Å²) in [7, 11) is 0. The fourth-order valence-electron chi connectivity index (χ4n) is 4.99. The predicted octanol–water partition coefficient (Wildman–Crippen LogP) is 4.37. The van der Waals surface area contributed by atoms with Gasteiger partial charge >= 0.3 is 0 Å². The molecule has 7 nitrogen and oxygen atoms in total. The van der Waals surface area contributed by atoms with Crippen molar-refractivity contribution in [2.24, 2.45) is 0 Å². The zero-order valence-electron chi connectivity index (χ0n) is 19.9. The summed E-state index contributed by atoms with van der Waals surface area (Å²) >= 11 is 5.78. The Balaban J connectivity index is 1.38. The topological polar surface area (TPSA) is 71.4 Å². The number of benzene rings is 1. The fourth-order valence-corrected chi connectivity index (χ4v) is 5.32. The van der Waals surface area contributed by atoms with Crippen molar-refractivity contribution >= 4 is 28.9 Å². The highest BCUT2D eigenvalue weighted by molar-refractivity contribution is 7.80. The molecule has 3 aromatic rings. The summed E-state index contributed by atoms with van der Waals surface area (Å²) in [5.41, 5.74) is 3.95. The van der Waals surface area contributed by atoms with Crippen molar-refractivity contribution in [2.75, 3.05) is 18.5 Å². The van der Waals surface area contributed by atoms with Crippen LogP contribution in [0.3, 0.4) is 0 Å². The molecule has 2 fully saturated rings. The summed E-state index contributed by atoms with van der Waals surface area (Å²) in [6.45, 7) is 4.13. The van der Waals surface area contributed by atoms with Gasteiger partial charge in [-0.3, -0.25) is 9.78 Å². The predicted molar refractivity (Wildman–Crippen MR) is 140 cm³/mol. The minimum Gasteiger partial charge on any atom is -0.376 e. The van der Waals surface area contributed by atoms with E-state index < -0.39 is 0 Å². The smallest absolute Gasteiger partial charge is 0.226 e. The minimum atomic E-state index is -0.110. The molecule has 0 unspecified atom stereocenters. The van der Waals surface area contributed by atoms with E-state index >= 15 is 0 Å². The van der Waals surface area contributed by atoms with Gasteiger partial charge in [0.15, 0.2) is 5.11 Å². The van der Waals surface area contributed by atoms with E-state index in [0.29, 0.717) is 18.1 Å². The number of hydrogen-bond acceptors (Lipinski definition) is 4. The number of amides is 1. The van der Waals surface area contributed by atoms with Gasteiger partial charge in [0.25, 0.3) is 0 Å². The molecular weight excluding hydrogens is 458 g/mol. The van der Waals surface area contributed by atoms with Crippen molar-refractivity contribution in [3.05, 3.63) is 83.9 Å². The fraction of sp³-hybridized carbons (Fsp3) is 0.370. The van der Waals surface area contributed by atoms with Gasteiger partial charge in [-0.2, -0.15) is 0 Å². The first-order chi connectivity index (χ1) is 17.1.